The summed E-state index contributed by atoms with van der Waals surface area (Å²) < 4.78 is 13.5. The molecule has 0 radical (unpaired) electrons. The van der Waals surface area contributed by atoms with Crippen molar-refractivity contribution in [2.45, 2.75) is 13.3 Å². The molecule has 0 N–H and O–H groups in total. The Morgan fingerprint density at radius 3 is 2.18 bits per heavy atom. The molecular formula is C25H19N2NaO4S. The van der Waals surface area contributed by atoms with Crippen LogP contribution >= 0.6 is 11.7 Å². The molecule has 33 heavy (non-hydrogen) atoms. The van der Waals surface area contributed by atoms with E-state index in [-0.39, 0.29) is 52.9 Å². The molecule has 3 aromatic carbocycles. The smallest absolute Gasteiger partial charge is 0.545 e. The first-order valence-corrected chi connectivity index (χ1v) is 10.6. The van der Waals surface area contributed by atoms with Crippen molar-refractivity contribution in [2.75, 3.05) is 7.11 Å². The third kappa shape index (κ3) is 5.57. The quantitative estimate of drug-likeness (QED) is 0.226. The van der Waals surface area contributed by atoms with E-state index in [1.165, 1.54) is 0 Å². The number of hydrogen-bond donors (Lipinski definition) is 0. The Hall–Kier alpha value is -2.84. The zero-order valence-corrected chi connectivity index (χ0v) is 21.3. The Morgan fingerprint density at radius 2 is 1.55 bits per heavy atom. The van der Waals surface area contributed by atoms with Crippen LogP contribution in [0.4, 0.5) is 0 Å². The van der Waals surface area contributed by atoms with E-state index < -0.39 is 5.97 Å². The first-order chi connectivity index (χ1) is 15.5. The van der Waals surface area contributed by atoms with E-state index in [2.05, 4.69) is 8.75 Å². The van der Waals surface area contributed by atoms with Crippen molar-refractivity contribution < 1.29 is 49.0 Å². The largest absolute Gasteiger partial charge is 1.00 e. The van der Waals surface area contributed by atoms with E-state index >= 15 is 0 Å². The van der Waals surface area contributed by atoms with Gasteiger partial charge in [-0.25, -0.2) is 0 Å². The molecule has 0 saturated carbocycles. The normalized spacial score (nSPS) is 11.5. The number of aliphatic carboxylic acids is 1. The topological polar surface area (TPSA) is 92.2 Å². The molecule has 1 heterocycles. The number of carbonyl (C=O) groups is 2. The molecule has 0 aliphatic carbocycles. The second-order valence-electron chi connectivity index (χ2n) is 7.33. The summed E-state index contributed by atoms with van der Waals surface area (Å²) in [4.78, 5) is 25.8. The molecule has 0 amide bonds. The van der Waals surface area contributed by atoms with Gasteiger partial charge in [-0.3, -0.25) is 4.79 Å². The van der Waals surface area contributed by atoms with Gasteiger partial charge in [0.1, 0.15) is 16.8 Å². The number of allylic oxidation sites excluding steroid dienone is 1. The fourth-order valence-electron chi connectivity index (χ4n) is 3.46. The van der Waals surface area contributed by atoms with Gasteiger partial charge < -0.3 is 14.6 Å². The van der Waals surface area contributed by atoms with Gasteiger partial charge >= 0.3 is 29.6 Å². The van der Waals surface area contributed by atoms with Gasteiger partial charge in [-0.15, -0.1) is 0 Å². The molecule has 6 nitrogen and oxygen atoms in total. The molecule has 0 spiro atoms. The van der Waals surface area contributed by atoms with Gasteiger partial charge in [0.2, 0.25) is 0 Å². The van der Waals surface area contributed by atoms with Crippen LogP contribution in [0.15, 0.2) is 72.3 Å². The third-order valence-corrected chi connectivity index (χ3v) is 5.73. The molecule has 0 fully saturated rings. The second-order valence-corrected chi connectivity index (χ2v) is 7.86. The van der Waals surface area contributed by atoms with Crippen molar-refractivity contribution in [3.8, 4) is 5.75 Å². The van der Waals surface area contributed by atoms with Crippen LogP contribution in [0.1, 0.15) is 27.0 Å². The van der Waals surface area contributed by atoms with Crippen molar-refractivity contribution >= 4 is 40.1 Å². The van der Waals surface area contributed by atoms with Crippen LogP contribution in [-0.4, -0.2) is 27.6 Å². The average Bonchev–Trinajstić information content (AvgIpc) is 3.27. The number of fused-ring (bicyclic) bond motifs is 1. The zero-order valence-electron chi connectivity index (χ0n) is 18.5. The monoisotopic (exact) mass is 466 g/mol. The molecule has 0 atom stereocenters. The standard InChI is InChI=1S/C25H20N2O4S.Na/c1-15-3-7-17(8-4-15)24(28)20(13-16-5-10-19(31-2)11-6-16)23(25(29)30)18-9-12-21-22(14-18)27-32-26-21;/h3-12,14H,13H2,1-2H3,(H,29,30);/q;+1/p-1. The van der Waals surface area contributed by atoms with Crippen LogP contribution in [0.5, 0.6) is 5.75 Å². The van der Waals surface area contributed by atoms with E-state index in [0.717, 1.165) is 22.9 Å². The predicted octanol–water partition coefficient (Wildman–Crippen LogP) is 0.641. The number of carbonyl (C=O) groups excluding carboxylic acids is 2. The summed E-state index contributed by atoms with van der Waals surface area (Å²) in [7, 11) is 1.57. The zero-order chi connectivity index (χ0) is 22.7. The number of rotatable bonds is 7. The Labute approximate surface area is 217 Å². The molecule has 4 aromatic rings. The van der Waals surface area contributed by atoms with Gasteiger partial charge in [0, 0.05) is 23.1 Å². The SMILES string of the molecule is COc1ccc(CC(C(=O)c2ccc(C)cc2)=C(C(=O)[O-])c2ccc3nsnc3c2)cc1.[Na+]. The first kappa shape index (κ1) is 24.8. The van der Waals surface area contributed by atoms with E-state index in [1.54, 1.807) is 49.6 Å². The fourth-order valence-corrected chi connectivity index (χ4v) is 3.98. The Balaban J connectivity index is 0.00000306. The predicted molar refractivity (Wildman–Crippen MR) is 122 cm³/mol. The van der Waals surface area contributed by atoms with Gasteiger partial charge in [0.15, 0.2) is 5.78 Å². The third-order valence-electron chi connectivity index (χ3n) is 5.18. The number of ketones is 1. The van der Waals surface area contributed by atoms with Gasteiger partial charge in [-0.1, -0.05) is 48.0 Å². The summed E-state index contributed by atoms with van der Waals surface area (Å²) in [5.41, 5.74) is 3.77. The Bertz CT molecular complexity index is 1330. The van der Waals surface area contributed by atoms with E-state index in [9.17, 15) is 14.7 Å². The average molecular weight is 466 g/mol. The van der Waals surface area contributed by atoms with Gasteiger partial charge in [-0.05, 0) is 42.3 Å². The van der Waals surface area contributed by atoms with Gasteiger partial charge in [-0.2, -0.15) is 8.75 Å². The number of aromatic nitrogens is 2. The van der Waals surface area contributed by atoms with Crippen molar-refractivity contribution in [1.29, 1.82) is 0 Å². The van der Waals surface area contributed by atoms with Crippen molar-refractivity contribution in [1.82, 2.24) is 8.75 Å². The van der Waals surface area contributed by atoms with Crippen LogP contribution < -0.4 is 39.4 Å². The molecule has 160 valence electrons. The number of benzene rings is 3. The fraction of sp³-hybridized carbons (Fsp3) is 0.120. The minimum atomic E-state index is -1.42. The van der Waals surface area contributed by atoms with E-state index in [4.69, 9.17) is 4.74 Å². The van der Waals surface area contributed by atoms with E-state index in [1.807, 2.05) is 31.2 Å². The number of methoxy groups -OCH3 is 1. The number of Topliss-reactive ketones (excluding diaryl/α,β-unsaturated/α-hetero) is 1. The minimum absolute atomic E-state index is 0. The number of nitrogens with zero attached hydrogens (tertiary/aromatic N) is 2. The van der Waals surface area contributed by atoms with Crippen LogP contribution in [0, 0.1) is 6.92 Å². The van der Waals surface area contributed by atoms with Crippen molar-refractivity contribution in [2.24, 2.45) is 0 Å². The molecule has 4 rings (SSSR count). The Morgan fingerprint density at radius 1 is 0.909 bits per heavy atom. The summed E-state index contributed by atoms with van der Waals surface area (Å²) in [5, 5.41) is 12.3. The number of carboxylic acids is 1. The number of carboxylic acid groups (broad SMARTS) is 1. The molecular weight excluding hydrogens is 447 g/mol. The molecule has 1 aromatic heterocycles. The molecule has 0 unspecified atom stereocenters. The van der Waals surface area contributed by atoms with Crippen LogP contribution in [-0.2, 0) is 11.2 Å². The number of aryl methyl sites for hydroxylation is 1. The first-order valence-electron chi connectivity index (χ1n) is 9.87. The molecule has 8 heteroatoms. The van der Waals surface area contributed by atoms with Gasteiger partial charge in [0.05, 0.1) is 24.8 Å². The summed E-state index contributed by atoms with van der Waals surface area (Å²) in [6, 6.07) is 19.2. The van der Waals surface area contributed by atoms with Crippen molar-refractivity contribution in [3.63, 3.8) is 0 Å². The Kier molecular flexibility index (Phi) is 8.15. The van der Waals surface area contributed by atoms with E-state index in [0.29, 0.717) is 27.9 Å². The van der Waals surface area contributed by atoms with Crippen LogP contribution in [0.2, 0.25) is 0 Å². The maximum atomic E-state index is 13.5. The number of hydrogen-bond acceptors (Lipinski definition) is 7. The summed E-state index contributed by atoms with van der Waals surface area (Å²) >= 11 is 1.04. The van der Waals surface area contributed by atoms with Gasteiger partial charge in [0.25, 0.3) is 0 Å². The molecule has 0 aliphatic rings. The van der Waals surface area contributed by atoms with Crippen molar-refractivity contribution in [3.05, 3.63) is 94.6 Å². The minimum Gasteiger partial charge on any atom is -0.545 e. The molecule has 0 bridgehead atoms. The van der Waals surface area contributed by atoms with Crippen LogP contribution in [0.25, 0.3) is 16.6 Å². The summed E-state index contributed by atoms with van der Waals surface area (Å²) in [6.45, 7) is 1.92. The summed E-state index contributed by atoms with van der Waals surface area (Å²) in [5.74, 6) is -1.11. The maximum absolute atomic E-state index is 13.5. The molecule has 0 saturated heterocycles. The number of ether oxygens (including phenoxy) is 1. The maximum Gasteiger partial charge on any atom is 1.00 e. The second kappa shape index (κ2) is 10.9. The molecule has 0 aliphatic heterocycles. The summed E-state index contributed by atoms with van der Waals surface area (Å²) in [6.07, 6.45) is 0.118. The van der Waals surface area contributed by atoms with Crippen LogP contribution in [0.3, 0.4) is 0 Å².